The summed E-state index contributed by atoms with van der Waals surface area (Å²) in [7, 11) is 0. The maximum Gasteiger partial charge on any atom is 0.344 e. The summed E-state index contributed by atoms with van der Waals surface area (Å²) in [5.74, 6) is 0.435. The van der Waals surface area contributed by atoms with Crippen LogP contribution in [-0.2, 0) is 6.42 Å². The van der Waals surface area contributed by atoms with Gasteiger partial charge in [-0.3, -0.25) is 0 Å². The van der Waals surface area contributed by atoms with Crippen molar-refractivity contribution in [2.45, 2.75) is 39.5 Å². The van der Waals surface area contributed by atoms with Crippen LogP contribution in [0, 0.1) is 0 Å². The maximum absolute atomic E-state index is 12.3. The summed E-state index contributed by atoms with van der Waals surface area (Å²) in [5.41, 5.74) is 3.46. The predicted molar refractivity (Wildman–Crippen MR) is 113 cm³/mol. The molecule has 0 amide bonds. The lowest BCUT2D eigenvalue weighted by atomic mass is 10.1. The van der Waals surface area contributed by atoms with Gasteiger partial charge in [0.05, 0.1) is 30.3 Å². The quantitative estimate of drug-likeness (QED) is 0.357. The summed E-state index contributed by atoms with van der Waals surface area (Å²) >= 11 is 0. The molecule has 0 aliphatic rings. The topological polar surface area (TPSA) is 61.3 Å². The highest BCUT2D eigenvalue weighted by Crippen LogP contribution is 2.19. The van der Waals surface area contributed by atoms with Gasteiger partial charge in [-0.05, 0) is 42.7 Å². The number of ether oxygens (including phenoxy) is 2. The van der Waals surface area contributed by atoms with Crippen molar-refractivity contribution in [3.05, 3.63) is 72.1 Å². The van der Waals surface area contributed by atoms with Gasteiger partial charge < -0.3 is 9.47 Å². The fourth-order valence-corrected chi connectivity index (χ4v) is 2.82. The van der Waals surface area contributed by atoms with Gasteiger partial charge >= 0.3 is 5.97 Å². The molecular weight excluding hydrogens is 364 g/mol. The van der Waals surface area contributed by atoms with Crippen molar-refractivity contribution in [3.63, 3.8) is 0 Å². The summed E-state index contributed by atoms with van der Waals surface area (Å²) in [4.78, 5) is 20.9. The van der Waals surface area contributed by atoms with E-state index in [1.807, 2.05) is 12.1 Å². The van der Waals surface area contributed by atoms with Crippen LogP contribution in [0.1, 0.15) is 49.0 Å². The Morgan fingerprint density at radius 1 is 0.897 bits per heavy atom. The molecule has 0 unspecified atom stereocenters. The number of rotatable bonds is 9. The zero-order valence-electron chi connectivity index (χ0n) is 16.9. The zero-order valence-corrected chi connectivity index (χ0v) is 16.9. The van der Waals surface area contributed by atoms with Gasteiger partial charge in [-0.1, -0.05) is 51.0 Å². The number of esters is 1. The Kier molecular flexibility index (Phi) is 7.34. The average Bonchev–Trinajstić information content (AvgIpc) is 2.76. The van der Waals surface area contributed by atoms with E-state index in [2.05, 4.69) is 35.9 Å². The molecule has 0 fully saturated rings. The number of benzene rings is 2. The lowest BCUT2D eigenvalue weighted by Crippen LogP contribution is -2.09. The van der Waals surface area contributed by atoms with Crippen molar-refractivity contribution in [3.8, 4) is 22.9 Å². The Labute approximate surface area is 171 Å². The van der Waals surface area contributed by atoms with Crippen LogP contribution in [0.2, 0.25) is 0 Å². The molecule has 5 heteroatoms. The highest BCUT2D eigenvalue weighted by atomic mass is 16.5. The molecule has 0 atom stereocenters. The van der Waals surface area contributed by atoms with E-state index >= 15 is 0 Å². The minimum Gasteiger partial charge on any atom is -0.494 e. The minimum atomic E-state index is -0.476. The van der Waals surface area contributed by atoms with Crippen LogP contribution in [0.4, 0.5) is 0 Å². The van der Waals surface area contributed by atoms with Gasteiger partial charge in [0.25, 0.3) is 0 Å². The van der Waals surface area contributed by atoms with Crippen LogP contribution in [0.25, 0.3) is 11.3 Å². The Morgan fingerprint density at radius 2 is 1.66 bits per heavy atom. The number of aromatic nitrogens is 2. The van der Waals surface area contributed by atoms with E-state index in [1.165, 1.54) is 11.8 Å². The number of carbonyl (C=O) groups is 1. The molecule has 0 saturated heterocycles. The van der Waals surface area contributed by atoms with Gasteiger partial charge in [-0.2, -0.15) is 0 Å². The standard InChI is InChI=1S/C24H26N2O3/c1-3-5-15-28-21-13-11-20(12-14-21)24(27)29-23-17-25-22(16-26-23)19-9-7-18(6-4-2)8-10-19/h7-14,16-17H,3-6,15H2,1-2H3. The van der Waals surface area contributed by atoms with Crippen molar-refractivity contribution < 1.29 is 14.3 Å². The van der Waals surface area contributed by atoms with Crippen molar-refractivity contribution in [1.82, 2.24) is 9.97 Å². The number of carbonyl (C=O) groups excluding carboxylic acids is 1. The van der Waals surface area contributed by atoms with E-state index in [1.54, 1.807) is 30.5 Å². The number of aryl methyl sites for hydroxylation is 1. The second-order valence-corrected chi connectivity index (χ2v) is 6.80. The van der Waals surface area contributed by atoms with E-state index < -0.39 is 5.97 Å². The highest BCUT2D eigenvalue weighted by Gasteiger charge is 2.10. The van der Waals surface area contributed by atoms with E-state index in [9.17, 15) is 4.79 Å². The van der Waals surface area contributed by atoms with Gasteiger partial charge in [0.15, 0.2) is 0 Å². The van der Waals surface area contributed by atoms with Crippen LogP contribution in [0.5, 0.6) is 11.6 Å². The minimum absolute atomic E-state index is 0.171. The Bertz CT molecular complexity index is 904. The number of hydrogen-bond acceptors (Lipinski definition) is 5. The molecule has 150 valence electrons. The third-order valence-electron chi connectivity index (χ3n) is 4.47. The molecular formula is C24H26N2O3. The zero-order chi connectivity index (χ0) is 20.5. The van der Waals surface area contributed by atoms with Gasteiger partial charge in [0.2, 0.25) is 5.88 Å². The third-order valence-corrected chi connectivity index (χ3v) is 4.47. The molecule has 0 saturated carbocycles. The number of unbranched alkanes of at least 4 members (excludes halogenated alkanes) is 1. The summed E-state index contributed by atoms with van der Waals surface area (Å²) in [6.45, 7) is 4.94. The molecule has 3 rings (SSSR count). The van der Waals surface area contributed by atoms with Crippen LogP contribution in [-0.4, -0.2) is 22.5 Å². The van der Waals surface area contributed by atoms with Crippen LogP contribution in [0.15, 0.2) is 60.9 Å². The first-order chi connectivity index (χ1) is 14.2. The van der Waals surface area contributed by atoms with Crippen LogP contribution < -0.4 is 9.47 Å². The van der Waals surface area contributed by atoms with E-state index in [4.69, 9.17) is 9.47 Å². The fraction of sp³-hybridized carbons (Fsp3) is 0.292. The van der Waals surface area contributed by atoms with Gasteiger partial charge in [-0.15, -0.1) is 0 Å². The van der Waals surface area contributed by atoms with Gasteiger partial charge in [0, 0.05) is 5.56 Å². The largest absolute Gasteiger partial charge is 0.494 e. The molecule has 0 spiro atoms. The SMILES string of the molecule is CCCCOc1ccc(C(=O)Oc2cnc(-c3ccc(CCC)cc3)cn2)cc1. The highest BCUT2D eigenvalue weighted by molar-refractivity contribution is 5.90. The summed E-state index contributed by atoms with van der Waals surface area (Å²) < 4.78 is 10.9. The second kappa shape index (κ2) is 10.4. The third kappa shape index (κ3) is 5.88. The smallest absolute Gasteiger partial charge is 0.344 e. The summed E-state index contributed by atoms with van der Waals surface area (Å²) in [6, 6.07) is 15.2. The van der Waals surface area contributed by atoms with E-state index in [-0.39, 0.29) is 5.88 Å². The fourth-order valence-electron chi connectivity index (χ4n) is 2.82. The molecule has 2 aromatic carbocycles. The Balaban J connectivity index is 1.59. The van der Waals surface area contributed by atoms with E-state index in [0.717, 1.165) is 42.7 Å². The normalized spacial score (nSPS) is 10.6. The molecule has 0 radical (unpaired) electrons. The lowest BCUT2D eigenvalue weighted by molar-refractivity contribution is 0.0727. The first kappa shape index (κ1) is 20.5. The number of nitrogens with zero attached hydrogens (tertiary/aromatic N) is 2. The molecule has 0 bridgehead atoms. The summed E-state index contributed by atoms with van der Waals surface area (Å²) in [5, 5.41) is 0. The van der Waals surface area contributed by atoms with Crippen LogP contribution >= 0.6 is 0 Å². The molecule has 0 N–H and O–H groups in total. The van der Waals surface area contributed by atoms with Crippen molar-refractivity contribution in [2.75, 3.05) is 6.61 Å². The van der Waals surface area contributed by atoms with Gasteiger partial charge in [0.1, 0.15) is 5.75 Å². The lowest BCUT2D eigenvalue weighted by Gasteiger charge is -2.07. The molecule has 0 aliphatic heterocycles. The molecule has 3 aromatic rings. The number of hydrogen-bond donors (Lipinski definition) is 0. The van der Waals surface area contributed by atoms with E-state index in [0.29, 0.717) is 12.2 Å². The molecule has 29 heavy (non-hydrogen) atoms. The van der Waals surface area contributed by atoms with Crippen molar-refractivity contribution in [2.24, 2.45) is 0 Å². The second-order valence-electron chi connectivity index (χ2n) is 6.80. The first-order valence-corrected chi connectivity index (χ1v) is 10.1. The molecule has 0 aliphatic carbocycles. The van der Waals surface area contributed by atoms with Crippen LogP contribution in [0.3, 0.4) is 0 Å². The molecule has 1 heterocycles. The van der Waals surface area contributed by atoms with Gasteiger partial charge in [-0.25, -0.2) is 14.8 Å². The molecule has 1 aromatic heterocycles. The monoisotopic (exact) mass is 390 g/mol. The maximum atomic E-state index is 12.3. The first-order valence-electron chi connectivity index (χ1n) is 10.1. The average molecular weight is 390 g/mol. The Morgan fingerprint density at radius 3 is 2.28 bits per heavy atom. The van der Waals surface area contributed by atoms with Crippen molar-refractivity contribution in [1.29, 1.82) is 0 Å². The summed E-state index contributed by atoms with van der Waals surface area (Å²) in [6.07, 6.45) is 7.34. The molecule has 5 nitrogen and oxygen atoms in total. The predicted octanol–water partition coefficient (Wildman–Crippen LogP) is 5.49. The Hall–Kier alpha value is -3.21. The van der Waals surface area contributed by atoms with Crippen molar-refractivity contribution >= 4 is 5.97 Å².